The molecular weight excluding hydrogens is 278 g/mol. The number of hydrogen-bond donors (Lipinski definition) is 0. The topological polar surface area (TPSA) is 46.6 Å². The van der Waals surface area contributed by atoms with Crippen molar-refractivity contribution in [1.82, 2.24) is 4.90 Å². The highest BCUT2D eigenvalue weighted by Crippen LogP contribution is 2.27. The van der Waals surface area contributed by atoms with E-state index in [-0.39, 0.29) is 24.5 Å². The molecule has 1 aliphatic rings. The largest absolute Gasteiger partial charge is 0.465 e. The first-order valence-electron chi connectivity index (χ1n) is 7.72. The van der Waals surface area contributed by atoms with Gasteiger partial charge in [-0.15, -0.1) is 0 Å². The van der Waals surface area contributed by atoms with Crippen LogP contribution in [0.3, 0.4) is 0 Å². The zero-order chi connectivity index (χ0) is 16.1. The minimum atomic E-state index is -0.345. The fourth-order valence-electron chi connectivity index (χ4n) is 2.39. The number of esters is 1. The van der Waals surface area contributed by atoms with Crippen molar-refractivity contribution in [3.8, 4) is 0 Å². The number of ether oxygens (including phenoxy) is 1. The molecule has 1 amide bonds. The highest BCUT2D eigenvalue weighted by molar-refractivity contribution is 5.94. The summed E-state index contributed by atoms with van der Waals surface area (Å²) >= 11 is 0. The van der Waals surface area contributed by atoms with E-state index in [0.717, 1.165) is 24.0 Å². The normalized spacial score (nSPS) is 14.1. The van der Waals surface area contributed by atoms with Crippen molar-refractivity contribution in [3.05, 3.63) is 41.0 Å². The van der Waals surface area contributed by atoms with E-state index in [9.17, 15) is 9.59 Å². The molecule has 4 heteroatoms. The van der Waals surface area contributed by atoms with Crippen LogP contribution in [0.5, 0.6) is 0 Å². The molecule has 0 aromatic heterocycles. The molecule has 0 radical (unpaired) electrons. The van der Waals surface area contributed by atoms with Gasteiger partial charge in [-0.05, 0) is 50.8 Å². The highest BCUT2D eigenvalue weighted by atomic mass is 16.5. The van der Waals surface area contributed by atoms with Gasteiger partial charge >= 0.3 is 5.97 Å². The van der Waals surface area contributed by atoms with Crippen LogP contribution >= 0.6 is 0 Å². The lowest BCUT2D eigenvalue weighted by Crippen LogP contribution is -2.37. The van der Waals surface area contributed by atoms with Gasteiger partial charge in [-0.2, -0.15) is 0 Å². The molecule has 118 valence electrons. The van der Waals surface area contributed by atoms with Gasteiger partial charge in [0.15, 0.2) is 0 Å². The Morgan fingerprint density at radius 3 is 2.64 bits per heavy atom. The van der Waals surface area contributed by atoms with Gasteiger partial charge in [0, 0.05) is 12.1 Å². The quantitative estimate of drug-likeness (QED) is 0.599. The molecular formula is C18H23NO3. The Bertz CT molecular complexity index is 588. The molecule has 4 nitrogen and oxygen atoms in total. The Balaban J connectivity index is 2.04. The summed E-state index contributed by atoms with van der Waals surface area (Å²) in [6.07, 6.45) is 5.29. The highest BCUT2D eigenvalue weighted by Gasteiger charge is 2.33. The first kappa shape index (κ1) is 16.3. The number of nitrogens with zero attached hydrogens (tertiary/aromatic N) is 1. The van der Waals surface area contributed by atoms with Gasteiger partial charge in [-0.1, -0.05) is 23.8 Å². The van der Waals surface area contributed by atoms with E-state index in [1.54, 1.807) is 17.9 Å². The maximum atomic E-state index is 12.3. The van der Waals surface area contributed by atoms with Crippen LogP contribution in [0.2, 0.25) is 0 Å². The number of carbonyl (C=O) groups excluding carboxylic acids is 2. The van der Waals surface area contributed by atoms with Crippen LogP contribution in [-0.4, -0.2) is 36.0 Å². The molecule has 22 heavy (non-hydrogen) atoms. The van der Waals surface area contributed by atoms with Crippen molar-refractivity contribution in [2.24, 2.45) is 0 Å². The van der Waals surface area contributed by atoms with E-state index in [1.165, 1.54) is 5.56 Å². The van der Waals surface area contributed by atoms with Gasteiger partial charge in [0.2, 0.25) is 5.91 Å². The predicted molar refractivity (Wildman–Crippen MR) is 86.3 cm³/mol. The van der Waals surface area contributed by atoms with E-state index in [4.69, 9.17) is 4.74 Å². The van der Waals surface area contributed by atoms with Crippen LogP contribution < -0.4 is 0 Å². The lowest BCUT2D eigenvalue weighted by Gasteiger charge is -2.19. The molecule has 1 aromatic carbocycles. The van der Waals surface area contributed by atoms with Crippen molar-refractivity contribution in [1.29, 1.82) is 0 Å². The molecule has 0 atom stereocenters. The Morgan fingerprint density at radius 1 is 1.32 bits per heavy atom. The number of amides is 1. The van der Waals surface area contributed by atoms with Gasteiger partial charge in [0.1, 0.15) is 6.54 Å². The molecule has 1 aliphatic carbocycles. The fourth-order valence-corrected chi connectivity index (χ4v) is 2.39. The number of hydrogen-bond acceptors (Lipinski definition) is 3. The van der Waals surface area contributed by atoms with E-state index >= 15 is 0 Å². The van der Waals surface area contributed by atoms with Crippen LogP contribution in [0.4, 0.5) is 0 Å². The summed E-state index contributed by atoms with van der Waals surface area (Å²) in [5.41, 5.74) is 3.35. The van der Waals surface area contributed by atoms with Crippen LogP contribution in [0.15, 0.2) is 24.3 Å². The first-order chi connectivity index (χ1) is 10.5. The van der Waals surface area contributed by atoms with E-state index < -0.39 is 0 Å². The zero-order valence-corrected chi connectivity index (χ0v) is 13.5. The Kier molecular flexibility index (Phi) is 5.36. The predicted octanol–water partition coefficient (Wildman–Crippen LogP) is 2.87. The SMILES string of the molecule is CCOC(=O)CN(C(=O)/C=C/c1ccc(C)cc1C)C1CC1. The summed E-state index contributed by atoms with van der Waals surface area (Å²) in [4.78, 5) is 25.6. The molecule has 1 fully saturated rings. The van der Waals surface area contributed by atoms with Gasteiger partial charge in [-0.25, -0.2) is 0 Å². The van der Waals surface area contributed by atoms with Crippen LogP contribution in [-0.2, 0) is 14.3 Å². The van der Waals surface area contributed by atoms with Gasteiger partial charge < -0.3 is 9.64 Å². The second-order valence-corrected chi connectivity index (χ2v) is 5.70. The van der Waals surface area contributed by atoms with E-state index in [0.29, 0.717) is 6.61 Å². The second-order valence-electron chi connectivity index (χ2n) is 5.70. The van der Waals surface area contributed by atoms with Crippen LogP contribution in [0.25, 0.3) is 6.08 Å². The number of aryl methyl sites for hydroxylation is 2. The average molecular weight is 301 g/mol. The standard InChI is InChI=1S/C18H23NO3/c1-4-22-18(21)12-19(16-8-9-16)17(20)10-7-15-6-5-13(2)11-14(15)3/h5-7,10-11,16H,4,8-9,12H2,1-3H3/b10-7+. The first-order valence-corrected chi connectivity index (χ1v) is 7.72. The molecule has 0 aliphatic heterocycles. The lowest BCUT2D eigenvalue weighted by atomic mass is 10.1. The third kappa shape index (κ3) is 4.45. The van der Waals surface area contributed by atoms with Gasteiger partial charge in [0.05, 0.1) is 6.61 Å². The van der Waals surface area contributed by atoms with Crippen molar-refractivity contribution in [2.45, 2.75) is 39.7 Å². The van der Waals surface area contributed by atoms with Crippen LogP contribution in [0, 0.1) is 13.8 Å². The Morgan fingerprint density at radius 2 is 2.05 bits per heavy atom. The van der Waals surface area contributed by atoms with Crippen molar-refractivity contribution in [3.63, 3.8) is 0 Å². The van der Waals surface area contributed by atoms with E-state index in [1.807, 2.05) is 32.1 Å². The molecule has 0 bridgehead atoms. The van der Waals surface area contributed by atoms with Crippen molar-refractivity contribution >= 4 is 18.0 Å². The van der Waals surface area contributed by atoms with E-state index in [2.05, 4.69) is 6.07 Å². The zero-order valence-electron chi connectivity index (χ0n) is 13.5. The lowest BCUT2D eigenvalue weighted by molar-refractivity contribution is -0.148. The third-order valence-electron chi connectivity index (χ3n) is 3.71. The summed E-state index contributed by atoms with van der Waals surface area (Å²) in [7, 11) is 0. The van der Waals surface area contributed by atoms with Crippen molar-refractivity contribution < 1.29 is 14.3 Å². The van der Waals surface area contributed by atoms with Gasteiger partial charge in [0.25, 0.3) is 0 Å². The minimum absolute atomic E-state index is 0.0363. The molecule has 1 saturated carbocycles. The molecule has 0 N–H and O–H groups in total. The molecule has 0 saturated heterocycles. The van der Waals surface area contributed by atoms with Crippen LogP contribution in [0.1, 0.15) is 36.5 Å². The molecule has 0 unspecified atom stereocenters. The summed E-state index contributed by atoms with van der Waals surface area (Å²) in [5.74, 6) is -0.474. The maximum Gasteiger partial charge on any atom is 0.325 e. The molecule has 2 rings (SSSR count). The number of rotatable bonds is 6. The number of benzene rings is 1. The van der Waals surface area contributed by atoms with Crippen molar-refractivity contribution in [2.75, 3.05) is 13.2 Å². The summed E-state index contributed by atoms with van der Waals surface area (Å²) in [6.45, 7) is 6.20. The Hall–Kier alpha value is -2.10. The monoisotopic (exact) mass is 301 g/mol. The summed E-state index contributed by atoms with van der Waals surface area (Å²) < 4.78 is 4.94. The third-order valence-corrected chi connectivity index (χ3v) is 3.71. The van der Waals surface area contributed by atoms with Gasteiger partial charge in [-0.3, -0.25) is 9.59 Å². The molecule has 1 aromatic rings. The smallest absolute Gasteiger partial charge is 0.325 e. The molecule has 0 spiro atoms. The second kappa shape index (κ2) is 7.25. The minimum Gasteiger partial charge on any atom is -0.465 e. The average Bonchev–Trinajstić information content (AvgIpc) is 3.28. The molecule has 0 heterocycles. The summed E-state index contributed by atoms with van der Waals surface area (Å²) in [6, 6.07) is 6.29. The Labute approximate surface area is 131 Å². The number of carbonyl (C=O) groups is 2. The fraction of sp³-hybridized carbons (Fsp3) is 0.444. The maximum absolute atomic E-state index is 12.3. The summed E-state index contributed by atoms with van der Waals surface area (Å²) in [5, 5.41) is 0.